The molecule has 1 aromatic heterocycles. The largest absolute Gasteiger partial charge is 0.445 e. The molecule has 0 aliphatic heterocycles. The Hall–Kier alpha value is -3.27. The highest BCUT2D eigenvalue weighted by atomic mass is 32.2. The van der Waals surface area contributed by atoms with E-state index < -0.39 is 21.8 Å². The molecule has 1 unspecified atom stereocenters. The summed E-state index contributed by atoms with van der Waals surface area (Å²) in [6, 6.07) is 20.9. The van der Waals surface area contributed by atoms with E-state index in [1.165, 1.54) is 4.31 Å². The van der Waals surface area contributed by atoms with Gasteiger partial charge in [0.05, 0.1) is 4.90 Å². The van der Waals surface area contributed by atoms with Crippen molar-refractivity contribution < 1.29 is 23.1 Å². The third-order valence-corrected chi connectivity index (χ3v) is 7.37. The van der Waals surface area contributed by atoms with Crippen LogP contribution >= 0.6 is 0 Å². The number of hydrogen-bond donors (Lipinski definition) is 2. The Morgan fingerprint density at radius 1 is 1.03 bits per heavy atom. The van der Waals surface area contributed by atoms with Crippen LogP contribution in [0, 0.1) is 5.92 Å². The van der Waals surface area contributed by atoms with Gasteiger partial charge in [0.15, 0.2) is 0 Å². The molecule has 9 heteroatoms. The van der Waals surface area contributed by atoms with Gasteiger partial charge in [-0.3, -0.25) is 10.3 Å². The SMILES string of the molecule is CC(C)CN(CCC(O)(Cc1ccccc1)NC(=O)OCc1cccnc1)S(=O)(=O)c1ccccc1. The predicted octanol–water partition coefficient (Wildman–Crippen LogP) is 3.98. The Kier molecular flexibility index (Phi) is 9.58. The summed E-state index contributed by atoms with van der Waals surface area (Å²) < 4.78 is 33.3. The first-order valence-corrected chi connectivity index (χ1v) is 13.3. The van der Waals surface area contributed by atoms with Gasteiger partial charge < -0.3 is 9.84 Å². The van der Waals surface area contributed by atoms with Crippen LogP contribution in [0.5, 0.6) is 0 Å². The summed E-state index contributed by atoms with van der Waals surface area (Å²) in [5, 5.41) is 14.1. The molecule has 8 nitrogen and oxygen atoms in total. The normalized spacial score (nSPS) is 13.4. The van der Waals surface area contributed by atoms with Gasteiger partial charge in [0.2, 0.25) is 10.0 Å². The maximum atomic E-state index is 13.4. The maximum absolute atomic E-state index is 13.4. The van der Waals surface area contributed by atoms with Crippen LogP contribution in [0.4, 0.5) is 4.79 Å². The number of nitrogens with zero attached hydrogens (tertiary/aromatic N) is 2. The molecule has 0 saturated heterocycles. The van der Waals surface area contributed by atoms with Crippen molar-refractivity contribution in [3.8, 4) is 0 Å². The van der Waals surface area contributed by atoms with Crippen LogP contribution in [0.2, 0.25) is 0 Å². The van der Waals surface area contributed by atoms with Crippen LogP contribution in [0.3, 0.4) is 0 Å². The van der Waals surface area contributed by atoms with E-state index in [0.29, 0.717) is 5.56 Å². The van der Waals surface area contributed by atoms with Crippen LogP contribution in [0.1, 0.15) is 31.4 Å². The fraction of sp³-hybridized carbons (Fsp3) is 0.333. The molecule has 2 N–H and O–H groups in total. The number of ether oxygens (including phenoxy) is 1. The number of nitrogens with one attached hydrogen (secondary N) is 1. The van der Waals surface area contributed by atoms with Crippen LogP contribution in [0.25, 0.3) is 0 Å². The molecule has 3 aromatic rings. The first-order valence-electron chi connectivity index (χ1n) is 11.8. The van der Waals surface area contributed by atoms with Crippen LogP contribution in [-0.4, -0.2) is 47.7 Å². The Labute approximate surface area is 213 Å². The van der Waals surface area contributed by atoms with Gasteiger partial charge in [-0.15, -0.1) is 0 Å². The van der Waals surface area contributed by atoms with E-state index in [9.17, 15) is 18.3 Å². The van der Waals surface area contributed by atoms with Crippen molar-refractivity contribution in [2.45, 2.75) is 43.9 Å². The molecular weight excluding hydrogens is 478 g/mol. The molecule has 0 bridgehead atoms. The first-order chi connectivity index (χ1) is 17.2. The number of rotatable bonds is 12. The van der Waals surface area contributed by atoms with E-state index >= 15 is 0 Å². The number of pyridine rings is 1. The van der Waals surface area contributed by atoms with Crippen molar-refractivity contribution in [2.24, 2.45) is 5.92 Å². The minimum atomic E-state index is -3.79. The zero-order chi connectivity index (χ0) is 26.0. The minimum Gasteiger partial charge on any atom is -0.445 e. The lowest BCUT2D eigenvalue weighted by molar-refractivity contribution is -0.00773. The Bertz CT molecular complexity index is 1190. The summed E-state index contributed by atoms with van der Waals surface area (Å²) in [6.07, 6.45) is 2.44. The summed E-state index contributed by atoms with van der Waals surface area (Å²) in [5.74, 6) is 0.0584. The van der Waals surface area contributed by atoms with E-state index in [1.807, 2.05) is 44.2 Å². The monoisotopic (exact) mass is 511 g/mol. The molecule has 1 amide bonds. The third kappa shape index (κ3) is 8.15. The number of carbonyl (C=O) groups excluding carboxylic acids is 1. The standard InChI is InChI=1S/C27H33N3O5S/c1-22(2)20-30(36(33,34)25-13-7-4-8-14-25)17-15-27(32,18-23-10-5-3-6-11-23)29-26(31)35-21-24-12-9-16-28-19-24/h3-14,16,19,22,32H,15,17-18,20-21H2,1-2H3,(H,29,31). The van der Waals surface area contributed by atoms with Crippen molar-refractivity contribution in [3.05, 3.63) is 96.3 Å². The van der Waals surface area contributed by atoms with E-state index in [-0.39, 0.29) is 43.4 Å². The quantitative estimate of drug-likeness (QED) is 0.356. The average Bonchev–Trinajstić information content (AvgIpc) is 2.87. The average molecular weight is 512 g/mol. The Balaban J connectivity index is 1.78. The number of sulfonamides is 1. The molecule has 0 spiro atoms. The van der Waals surface area contributed by atoms with Crippen LogP contribution in [0.15, 0.2) is 90.1 Å². The number of hydrogen-bond acceptors (Lipinski definition) is 6. The molecule has 0 aliphatic carbocycles. The molecule has 3 rings (SSSR count). The van der Waals surface area contributed by atoms with E-state index in [4.69, 9.17) is 4.74 Å². The number of amides is 1. The van der Waals surface area contributed by atoms with Gasteiger partial charge in [0.1, 0.15) is 12.3 Å². The topological polar surface area (TPSA) is 109 Å². The predicted molar refractivity (Wildman–Crippen MR) is 137 cm³/mol. The second-order valence-electron chi connectivity index (χ2n) is 9.08. The van der Waals surface area contributed by atoms with Crippen molar-refractivity contribution in [1.82, 2.24) is 14.6 Å². The summed E-state index contributed by atoms with van der Waals surface area (Å²) in [7, 11) is -3.79. The highest BCUT2D eigenvalue weighted by molar-refractivity contribution is 7.89. The summed E-state index contributed by atoms with van der Waals surface area (Å²) >= 11 is 0. The molecule has 2 aromatic carbocycles. The number of aromatic nitrogens is 1. The van der Waals surface area contributed by atoms with Gasteiger partial charge in [-0.05, 0) is 29.7 Å². The zero-order valence-electron chi connectivity index (χ0n) is 20.6. The van der Waals surface area contributed by atoms with E-state index in [1.54, 1.807) is 54.9 Å². The lowest BCUT2D eigenvalue weighted by Crippen LogP contribution is -2.52. The molecule has 1 heterocycles. The van der Waals surface area contributed by atoms with Gasteiger partial charge in [-0.25, -0.2) is 13.2 Å². The van der Waals surface area contributed by atoms with Gasteiger partial charge in [0, 0.05) is 43.9 Å². The molecule has 0 fully saturated rings. The Morgan fingerprint density at radius 3 is 2.28 bits per heavy atom. The van der Waals surface area contributed by atoms with E-state index in [0.717, 1.165) is 5.56 Å². The van der Waals surface area contributed by atoms with Gasteiger partial charge in [-0.1, -0.05) is 68.4 Å². The molecule has 1 atom stereocenters. The highest BCUT2D eigenvalue weighted by Crippen LogP contribution is 2.21. The highest BCUT2D eigenvalue weighted by Gasteiger charge is 2.33. The number of carbonyl (C=O) groups is 1. The van der Waals surface area contributed by atoms with E-state index in [2.05, 4.69) is 10.3 Å². The zero-order valence-corrected chi connectivity index (χ0v) is 21.4. The van der Waals surface area contributed by atoms with Crippen molar-refractivity contribution >= 4 is 16.1 Å². The second-order valence-corrected chi connectivity index (χ2v) is 11.0. The fourth-order valence-corrected chi connectivity index (χ4v) is 5.38. The molecule has 0 aliphatic rings. The maximum Gasteiger partial charge on any atom is 0.409 e. The molecule has 192 valence electrons. The lowest BCUT2D eigenvalue weighted by Gasteiger charge is -2.32. The molecule has 0 saturated carbocycles. The Morgan fingerprint density at radius 2 is 1.67 bits per heavy atom. The van der Waals surface area contributed by atoms with Crippen LogP contribution < -0.4 is 5.32 Å². The smallest absolute Gasteiger partial charge is 0.409 e. The molecular formula is C27H33N3O5S. The summed E-state index contributed by atoms with van der Waals surface area (Å²) in [4.78, 5) is 16.8. The summed E-state index contributed by atoms with van der Waals surface area (Å²) in [5.41, 5.74) is -0.250. The van der Waals surface area contributed by atoms with Crippen molar-refractivity contribution in [2.75, 3.05) is 13.1 Å². The molecule has 36 heavy (non-hydrogen) atoms. The molecule has 0 radical (unpaired) electrons. The fourth-order valence-electron chi connectivity index (χ4n) is 3.76. The lowest BCUT2D eigenvalue weighted by atomic mass is 9.99. The van der Waals surface area contributed by atoms with Crippen LogP contribution in [-0.2, 0) is 27.8 Å². The van der Waals surface area contributed by atoms with Crippen molar-refractivity contribution in [3.63, 3.8) is 0 Å². The first kappa shape index (κ1) is 27.3. The summed E-state index contributed by atoms with van der Waals surface area (Å²) in [6.45, 7) is 4.12. The second kappa shape index (κ2) is 12.6. The van der Waals surface area contributed by atoms with Crippen molar-refractivity contribution in [1.29, 1.82) is 0 Å². The third-order valence-electron chi connectivity index (χ3n) is 5.49. The number of alkyl carbamates (subject to hydrolysis) is 1. The van der Waals surface area contributed by atoms with Gasteiger partial charge >= 0.3 is 6.09 Å². The van der Waals surface area contributed by atoms with Gasteiger partial charge in [0.25, 0.3) is 0 Å². The number of benzene rings is 2. The minimum absolute atomic E-state index is 0.00161. The number of aliphatic hydroxyl groups is 1. The van der Waals surface area contributed by atoms with Gasteiger partial charge in [-0.2, -0.15) is 4.31 Å².